The molecule has 2 aliphatic rings. The van der Waals surface area contributed by atoms with Crippen LogP contribution in [0, 0.1) is 5.92 Å². The molecule has 0 aliphatic heterocycles. The number of hydrogen-bond donors (Lipinski definition) is 2. The van der Waals surface area contributed by atoms with Crippen molar-refractivity contribution >= 4 is 12.2 Å². The molecule has 2 aliphatic carbocycles. The minimum atomic E-state index is -0.284. The molecule has 0 unspecified atom stereocenters. The first kappa shape index (κ1) is 25.1. The van der Waals surface area contributed by atoms with Crippen molar-refractivity contribution in [2.24, 2.45) is 11.7 Å². The third-order valence-electron chi connectivity index (χ3n) is 7.30. The van der Waals surface area contributed by atoms with Crippen molar-refractivity contribution in [3.63, 3.8) is 0 Å². The predicted molar refractivity (Wildman–Crippen MR) is 135 cm³/mol. The molecule has 0 bridgehead atoms. The molecule has 4 rings (SSSR count). The molecule has 33 heavy (non-hydrogen) atoms. The number of hydrogen-bond acceptors (Lipinski definition) is 4. The lowest BCUT2D eigenvalue weighted by Crippen LogP contribution is -2.52. The average molecular weight is 450 g/mol. The van der Waals surface area contributed by atoms with Crippen molar-refractivity contribution in [3.8, 4) is 11.1 Å². The third-order valence-corrected chi connectivity index (χ3v) is 7.30. The SMILES string of the molecule is CNC1CCC([C@H](N)C(=O)N(C)C2CCC2)CC1.O=CCc1cccc(-c2ccccc2)c1. The molecule has 0 radical (unpaired) electrons. The average Bonchev–Trinajstić information content (AvgIpc) is 2.83. The minimum Gasteiger partial charge on any atom is -0.341 e. The van der Waals surface area contributed by atoms with Crippen LogP contribution in [0.3, 0.4) is 0 Å². The molecular formula is C28H39N3O2. The summed E-state index contributed by atoms with van der Waals surface area (Å²) in [5.74, 6) is 0.539. The monoisotopic (exact) mass is 449 g/mol. The molecule has 2 fully saturated rings. The van der Waals surface area contributed by atoms with E-state index in [1.165, 1.54) is 12.0 Å². The highest BCUT2D eigenvalue weighted by Crippen LogP contribution is 2.29. The normalized spacial score (nSPS) is 21.2. The number of rotatable bonds is 7. The van der Waals surface area contributed by atoms with Crippen LogP contribution < -0.4 is 11.1 Å². The van der Waals surface area contributed by atoms with E-state index in [4.69, 9.17) is 5.73 Å². The molecule has 1 atom stereocenters. The van der Waals surface area contributed by atoms with E-state index in [0.717, 1.165) is 55.9 Å². The Morgan fingerprint density at radius 2 is 1.70 bits per heavy atom. The van der Waals surface area contributed by atoms with Gasteiger partial charge in [0.05, 0.1) is 6.04 Å². The van der Waals surface area contributed by atoms with Crippen molar-refractivity contribution in [1.29, 1.82) is 0 Å². The number of aldehydes is 1. The fraction of sp³-hybridized carbons (Fsp3) is 0.500. The van der Waals surface area contributed by atoms with E-state index in [-0.39, 0.29) is 11.9 Å². The summed E-state index contributed by atoms with van der Waals surface area (Å²) in [5.41, 5.74) is 9.59. The highest BCUT2D eigenvalue weighted by atomic mass is 16.2. The number of amides is 1. The van der Waals surface area contributed by atoms with Crippen molar-refractivity contribution in [3.05, 3.63) is 60.2 Å². The zero-order valence-electron chi connectivity index (χ0n) is 20.1. The fourth-order valence-electron chi connectivity index (χ4n) is 4.76. The van der Waals surface area contributed by atoms with Gasteiger partial charge in [0.2, 0.25) is 5.91 Å². The molecule has 0 heterocycles. The Balaban J connectivity index is 0.000000189. The number of nitrogens with zero attached hydrogens (tertiary/aromatic N) is 1. The largest absolute Gasteiger partial charge is 0.341 e. The van der Waals surface area contributed by atoms with Gasteiger partial charge in [-0.2, -0.15) is 0 Å². The zero-order chi connectivity index (χ0) is 23.6. The molecule has 5 heteroatoms. The van der Waals surface area contributed by atoms with E-state index in [2.05, 4.69) is 29.6 Å². The lowest BCUT2D eigenvalue weighted by molar-refractivity contribution is -0.136. The maximum atomic E-state index is 12.3. The predicted octanol–water partition coefficient (Wildman–Crippen LogP) is 4.20. The van der Waals surface area contributed by atoms with Crippen LogP contribution in [-0.4, -0.2) is 49.3 Å². The number of likely N-dealkylation sites (N-methyl/N-ethyl adjacent to an activating group) is 1. The first-order valence-corrected chi connectivity index (χ1v) is 12.3. The first-order chi connectivity index (χ1) is 16.0. The van der Waals surface area contributed by atoms with Gasteiger partial charge < -0.3 is 20.7 Å². The van der Waals surface area contributed by atoms with Crippen LogP contribution in [0.15, 0.2) is 54.6 Å². The summed E-state index contributed by atoms with van der Waals surface area (Å²) in [7, 11) is 3.94. The maximum Gasteiger partial charge on any atom is 0.239 e. The van der Waals surface area contributed by atoms with Crippen molar-refractivity contribution < 1.29 is 9.59 Å². The molecule has 1 amide bonds. The van der Waals surface area contributed by atoms with Crippen molar-refractivity contribution in [1.82, 2.24) is 10.2 Å². The number of nitrogens with one attached hydrogen (secondary N) is 1. The lowest BCUT2D eigenvalue weighted by atomic mass is 9.81. The van der Waals surface area contributed by atoms with Crippen LogP contribution in [0.1, 0.15) is 50.5 Å². The first-order valence-electron chi connectivity index (χ1n) is 12.3. The number of carbonyl (C=O) groups excluding carboxylic acids is 2. The Hall–Kier alpha value is -2.50. The Morgan fingerprint density at radius 1 is 1.03 bits per heavy atom. The van der Waals surface area contributed by atoms with Gasteiger partial charge in [0.1, 0.15) is 6.29 Å². The van der Waals surface area contributed by atoms with Gasteiger partial charge in [-0.05, 0) is 74.6 Å². The molecule has 2 aromatic rings. The van der Waals surface area contributed by atoms with Gasteiger partial charge in [-0.25, -0.2) is 0 Å². The number of benzene rings is 2. The molecule has 5 nitrogen and oxygen atoms in total. The van der Waals surface area contributed by atoms with E-state index in [1.54, 1.807) is 0 Å². The van der Waals surface area contributed by atoms with E-state index in [1.807, 2.05) is 49.3 Å². The van der Waals surface area contributed by atoms with Crippen LogP contribution in [0.2, 0.25) is 0 Å². The minimum absolute atomic E-state index is 0.160. The second-order valence-electron chi connectivity index (χ2n) is 9.40. The summed E-state index contributed by atoms with van der Waals surface area (Å²) >= 11 is 0. The number of nitrogens with two attached hydrogens (primary N) is 1. The Labute approximate surface area is 198 Å². The molecular weight excluding hydrogens is 410 g/mol. The van der Waals surface area contributed by atoms with Gasteiger partial charge >= 0.3 is 0 Å². The topological polar surface area (TPSA) is 75.4 Å². The summed E-state index contributed by atoms with van der Waals surface area (Å²) in [5, 5.41) is 3.32. The Kier molecular flexibility index (Phi) is 9.64. The number of carbonyl (C=O) groups is 2. The third kappa shape index (κ3) is 6.99. The second kappa shape index (κ2) is 12.7. The highest BCUT2D eigenvalue weighted by molar-refractivity contribution is 5.82. The molecule has 2 aromatic carbocycles. The maximum absolute atomic E-state index is 12.3. The summed E-state index contributed by atoms with van der Waals surface area (Å²) in [6, 6.07) is 19.0. The van der Waals surface area contributed by atoms with Gasteiger partial charge in [-0.3, -0.25) is 4.79 Å². The molecule has 2 saturated carbocycles. The van der Waals surface area contributed by atoms with Crippen LogP contribution in [0.25, 0.3) is 11.1 Å². The second-order valence-corrected chi connectivity index (χ2v) is 9.40. The molecule has 0 saturated heterocycles. The quantitative estimate of drug-likeness (QED) is 0.621. The molecule has 0 aromatic heterocycles. The Morgan fingerprint density at radius 3 is 2.27 bits per heavy atom. The molecule has 0 spiro atoms. The van der Waals surface area contributed by atoms with Crippen LogP contribution in [0.5, 0.6) is 0 Å². The Bertz CT molecular complexity index is 874. The summed E-state index contributed by atoms with van der Waals surface area (Å²) in [6.07, 6.45) is 9.44. The lowest BCUT2D eigenvalue weighted by Gasteiger charge is -2.38. The van der Waals surface area contributed by atoms with Crippen LogP contribution >= 0.6 is 0 Å². The zero-order valence-corrected chi connectivity index (χ0v) is 20.1. The van der Waals surface area contributed by atoms with Crippen LogP contribution in [-0.2, 0) is 16.0 Å². The smallest absolute Gasteiger partial charge is 0.239 e. The fourth-order valence-corrected chi connectivity index (χ4v) is 4.76. The van der Waals surface area contributed by atoms with Crippen molar-refractivity contribution in [2.75, 3.05) is 14.1 Å². The molecule has 178 valence electrons. The van der Waals surface area contributed by atoms with Gasteiger partial charge in [-0.15, -0.1) is 0 Å². The van der Waals surface area contributed by atoms with E-state index < -0.39 is 0 Å². The van der Waals surface area contributed by atoms with Gasteiger partial charge in [-0.1, -0.05) is 54.6 Å². The summed E-state index contributed by atoms with van der Waals surface area (Å²) < 4.78 is 0. The van der Waals surface area contributed by atoms with Gasteiger partial charge in [0.15, 0.2) is 0 Å². The highest BCUT2D eigenvalue weighted by Gasteiger charge is 2.34. The van der Waals surface area contributed by atoms with E-state index >= 15 is 0 Å². The van der Waals surface area contributed by atoms with E-state index in [0.29, 0.717) is 24.4 Å². The standard InChI is InChI=1S/C14H27N3O.C14H12O/c1-16-11-8-6-10(7-9-11)13(15)14(18)17(2)12-4-3-5-12;15-10-9-12-5-4-8-14(11-12)13-6-2-1-3-7-13/h10-13,16H,3-9,15H2,1-2H3;1-8,10-11H,9H2/t10?,11?,13-;/m0./s1. The summed E-state index contributed by atoms with van der Waals surface area (Å²) in [6.45, 7) is 0. The van der Waals surface area contributed by atoms with Gasteiger partial charge in [0, 0.05) is 25.6 Å². The van der Waals surface area contributed by atoms with Crippen LogP contribution in [0.4, 0.5) is 0 Å². The molecule has 3 N–H and O–H groups in total. The summed E-state index contributed by atoms with van der Waals surface area (Å²) in [4.78, 5) is 24.6. The van der Waals surface area contributed by atoms with Gasteiger partial charge in [0.25, 0.3) is 0 Å². The van der Waals surface area contributed by atoms with Crippen molar-refractivity contribution in [2.45, 2.75) is 69.5 Å². The van der Waals surface area contributed by atoms with E-state index in [9.17, 15) is 9.59 Å².